The topological polar surface area (TPSA) is 48.1 Å². The van der Waals surface area contributed by atoms with E-state index in [0.717, 1.165) is 35.9 Å². The van der Waals surface area contributed by atoms with Gasteiger partial charge in [0.05, 0.1) is 12.3 Å². The number of fused-ring (bicyclic) bond motifs is 1. The third-order valence-electron chi connectivity index (χ3n) is 3.20. The Morgan fingerprint density at radius 1 is 1.44 bits per heavy atom. The second-order valence-electron chi connectivity index (χ2n) is 4.49. The zero-order valence-corrected chi connectivity index (χ0v) is 11.2. The highest BCUT2D eigenvalue weighted by molar-refractivity contribution is 7.15. The number of thiazole rings is 1. The summed E-state index contributed by atoms with van der Waals surface area (Å²) in [6.45, 7) is 3.54. The lowest BCUT2D eigenvalue weighted by molar-refractivity contribution is 0.357. The van der Waals surface area contributed by atoms with Gasteiger partial charge in [-0.15, -0.1) is 11.3 Å². The quantitative estimate of drug-likeness (QED) is 0.922. The highest BCUT2D eigenvalue weighted by Gasteiger charge is 2.15. The molecule has 1 aliphatic heterocycles. The van der Waals surface area contributed by atoms with Gasteiger partial charge in [0, 0.05) is 16.9 Å². The number of hydrogen-bond acceptors (Lipinski definition) is 4. The molecule has 0 atom stereocenters. The maximum atomic E-state index is 5.61. The van der Waals surface area contributed by atoms with E-state index in [0.29, 0.717) is 6.54 Å². The van der Waals surface area contributed by atoms with E-state index in [2.05, 4.69) is 30.1 Å². The van der Waals surface area contributed by atoms with Gasteiger partial charge in [0.15, 0.2) is 0 Å². The molecule has 0 bridgehead atoms. The average molecular weight is 260 g/mol. The SMILES string of the molecule is Cc1nc(-c2ccc3c(c2)CCO3)sc1CCN. The van der Waals surface area contributed by atoms with Crippen LogP contribution in [0.2, 0.25) is 0 Å². The standard InChI is InChI=1S/C14H16N2OS/c1-9-13(4-6-15)18-14(16-9)11-2-3-12-10(8-11)5-7-17-12/h2-3,8H,4-7,15H2,1H3. The Kier molecular flexibility index (Phi) is 3.06. The summed E-state index contributed by atoms with van der Waals surface area (Å²) < 4.78 is 5.52. The molecule has 18 heavy (non-hydrogen) atoms. The number of aryl methyl sites for hydroxylation is 1. The van der Waals surface area contributed by atoms with Gasteiger partial charge in [-0.2, -0.15) is 0 Å². The molecule has 0 spiro atoms. The summed E-state index contributed by atoms with van der Waals surface area (Å²) >= 11 is 1.75. The van der Waals surface area contributed by atoms with Crippen molar-refractivity contribution in [1.29, 1.82) is 0 Å². The summed E-state index contributed by atoms with van der Waals surface area (Å²) in [5.74, 6) is 1.02. The first-order valence-corrected chi connectivity index (χ1v) is 7.02. The predicted molar refractivity (Wildman–Crippen MR) is 74.2 cm³/mol. The maximum absolute atomic E-state index is 5.61. The van der Waals surface area contributed by atoms with Crippen LogP contribution in [0.25, 0.3) is 10.6 Å². The summed E-state index contributed by atoms with van der Waals surface area (Å²) in [5, 5.41) is 1.09. The van der Waals surface area contributed by atoms with Crippen molar-refractivity contribution >= 4 is 11.3 Å². The van der Waals surface area contributed by atoms with Crippen molar-refractivity contribution in [2.45, 2.75) is 19.8 Å². The lowest BCUT2D eigenvalue weighted by Crippen LogP contribution is -2.01. The number of rotatable bonds is 3. The van der Waals surface area contributed by atoms with Crippen molar-refractivity contribution in [1.82, 2.24) is 4.98 Å². The first-order valence-electron chi connectivity index (χ1n) is 6.20. The molecule has 1 aromatic heterocycles. The van der Waals surface area contributed by atoms with E-state index in [1.54, 1.807) is 11.3 Å². The second-order valence-corrected chi connectivity index (χ2v) is 5.57. The Hall–Kier alpha value is -1.39. The van der Waals surface area contributed by atoms with E-state index in [4.69, 9.17) is 10.5 Å². The molecule has 4 heteroatoms. The zero-order valence-electron chi connectivity index (χ0n) is 10.4. The molecule has 2 aromatic rings. The Balaban J connectivity index is 1.97. The molecule has 0 saturated heterocycles. The van der Waals surface area contributed by atoms with Crippen LogP contribution in [-0.2, 0) is 12.8 Å². The maximum Gasteiger partial charge on any atom is 0.123 e. The molecule has 0 radical (unpaired) electrons. The summed E-state index contributed by atoms with van der Waals surface area (Å²) in [4.78, 5) is 5.94. The normalized spacial score (nSPS) is 13.4. The Morgan fingerprint density at radius 2 is 2.33 bits per heavy atom. The number of nitrogens with zero attached hydrogens (tertiary/aromatic N) is 1. The minimum Gasteiger partial charge on any atom is -0.493 e. The van der Waals surface area contributed by atoms with Crippen LogP contribution in [0, 0.1) is 6.92 Å². The van der Waals surface area contributed by atoms with Crippen LogP contribution in [0.15, 0.2) is 18.2 Å². The van der Waals surface area contributed by atoms with Crippen molar-refractivity contribution in [3.63, 3.8) is 0 Å². The lowest BCUT2D eigenvalue weighted by Gasteiger charge is -2.00. The first-order chi connectivity index (χ1) is 8.78. The summed E-state index contributed by atoms with van der Waals surface area (Å²) in [7, 11) is 0. The van der Waals surface area contributed by atoms with E-state index in [1.165, 1.54) is 16.0 Å². The third-order valence-corrected chi connectivity index (χ3v) is 4.47. The minimum absolute atomic E-state index is 0.681. The molecular formula is C14H16N2OS. The van der Waals surface area contributed by atoms with Gasteiger partial charge in [0.2, 0.25) is 0 Å². The number of ether oxygens (including phenoxy) is 1. The molecule has 0 amide bonds. The number of aromatic nitrogens is 1. The van der Waals surface area contributed by atoms with Gasteiger partial charge in [0.25, 0.3) is 0 Å². The smallest absolute Gasteiger partial charge is 0.123 e. The molecule has 3 rings (SSSR count). The fourth-order valence-electron chi connectivity index (χ4n) is 2.23. The van der Waals surface area contributed by atoms with E-state index in [9.17, 15) is 0 Å². The van der Waals surface area contributed by atoms with Gasteiger partial charge >= 0.3 is 0 Å². The lowest BCUT2D eigenvalue weighted by atomic mass is 10.1. The van der Waals surface area contributed by atoms with E-state index in [1.807, 2.05) is 0 Å². The minimum atomic E-state index is 0.681. The molecule has 2 N–H and O–H groups in total. The van der Waals surface area contributed by atoms with Crippen molar-refractivity contribution in [3.05, 3.63) is 34.3 Å². The molecule has 1 aliphatic rings. The molecular weight excluding hydrogens is 244 g/mol. The van der Waals surface area contributed by atoms with Crippen LogP contribution < -0.4 is 10.5 Å². The zero-order chi connectivity index (χ0) is 12.5. The van der Waals surface area contributed by atoms with Crippen molar-refractivity contribution in [2.24, 2.45) is 5.73 Å². The van der Waals surface area contributed by atoms with Gasteiger partial charge in [-0.3, -0.25) is 0 Å². The van der Waals surface area contributed by atoms with E-state index in [-0.39, 0.29) is 0 Å². The molecule has 1 aromatic carbocycles. The van der Waals surface area contributed by atoms with Crippen LogP contribution in [0.1, 0.15) is 16.1 Å². The molecule has 94 valence electrons. The van der Waals surface area contributed by atoms with E-state index >= 15 is 0 Å². The summed E-state index contributed by atoms with van der Waals surface area (Å²) in [6, 6.07) is 6.35. The number of benzene rings is 1. The highest BCUT2D eigenvalue weighted by Crippen LogP contribution is 2.33. The predicted octanol–water partition coefficient (Wildman–Crippen LogP) is 2.55. The molecule has 0 unspecified atom stereocenters. The van der Waals surface area contributed by atoms with Crippen LogP contribution >= 0.6 is 11.3 Å². The average Bonchev–Trinajstić information content (AvgIpc) is 2.96. The van der Waals surface area contributed by atoms with Gasteiger partial charge < -0.3 is 10.5 Å². The molecule has 0 saturated carbocycles. The van der Waals surface area contributed by atoms with Crippen LogP contribution in [-0.4, -0.2) is 18.1 Å². The number of hydrogen-bond donors (Lipinski definition) is 1. The monoisotopic (exact) mass is 260 g/mol. The fourth-order valence-corrected chi connectivity index (χ4v) is 3.31. The first kappa shape index (κ1) is 11.7. The van der Waals surface area contributed by atoms with Crippen molar-refractivity contribution < 1.29 is 4.74 Å². The molecule has 2 heterocycles. The molecule has 0 fully saturated rings. The molecule has 0 aliphatic carbocycles. The van der Waals surface area contributed by atoms with Crippen molar-refractivity contribution in [3.8, 4) is 16.3 Å². The number of nitrogens with two attached hydrogens (primary N) is 1. The summed E-state index contributed by atoms with van der Waals surface area (Å²) in [6.07, 6.45) is 1.92. The van der Waals surface area contributed by atoms with Crippen molar-refractivity contribution in [2.75, 3.05) is 13.2 Å². The van der Waals surface area contributed by atoms with Crippen LogP contribution in [0.5, 0.6) is 5.75 Å². The Bertz CT molecular complexity index is 577. The highest BCUT2D eigenvalue weighted by atomic mass is 32.1. The Labute approximate surface area is 111 Å². The second kappa shape index (κ2) is 4.71. The van der Waals surface area contributed by atoms with Gasteiger partial charge in [-0.25, -0.2) is 4.98 Å². The molecule has 3 nitrogen and oxygen atoms in total. The van der Waals surface area contributed by atoms with Gasteiger partial charge in [-0.1, -0.05) is 0 Å². The largest absolute Gasteiger partial charge is 0.493 e. The van der Waals surface area contributed by atoms with Crippen LogP contribution in [0.4, 0.5) is 0 Å². The van der Waals surface area contributed by atoms with E-state index < -0.39 is 0 Å². The van der Waals surface area contributed by atoms with Crippen LogP contribution in [0.3, 0.4) is 0 Å². The van der Waals surface area contributed by atoms with Gasteiger partial charge in [-0.05, 0) is 43.7 Å². The fraction of sp³-hybridized carbons (Fsp3) is 0.357. The summed E-state index contributed by atoms with van der Waals surface area (Å²) in [5.41, 5.74) is 9.20. The Morgan fingerprint density at radius 3 is 3.17 bits per heavy atom. The third kappa shape index (κ3) is 2.02. The van der Waals surface area contributed by atoms with Gasteiger partial charge in [0.1, 0.15) is 10.8 Å².